The van der Waals surface area contributed by atoms with Gasteiger partial charge < -0.3 is 15.4 Å². The summed E-state index contributed by atoms with van der Waals surface area (Å²) in [4.78, 5) is 4.41. The Balaban J connectivity index is 1.71. The lowest BCUT2D eigenvalue weighted by atomic mass is 9.74. The highest BCUT2D eigenvalue weighted by Gasteiger charge is 2.36. The van der Waals surface area contributed by atoms with Gasteiger partial charge in [-0.25, -0.2) is 0 Å². The summed E-state index contributed by atoms with van der Waals surface area (Å²) in [6, 6.07) is 8.76. The lowest BCUT2D eigenvalue weighted by Gasteiger charge is -2.39. The van der Waals surface area contributed by atoms with E-state index in [1.165, 1.54) is 31.2 Å². The highest BCUT2D eigenvalue weighted by Crippen LogP contribution is 2.38. The van der Waals surface area contributed by atoms with E-state index in [1.54, 1.807) is 0 Å². The summed E-state index contributed by atoms with van der Waals surface area (Å²) < 4.78 is 5.61. The molecule has 5 heteroatoms. The minimum Gasteiger partial charge on any atom is -0.381 e. The van der Waals surface area contributed by atoms with Crippen LogP contribution >= 0.6 is 11.6 Å². The van der Waals surface area contributed by atoms with E-state index >= 15 is 0 Å². The molecule has 1 aliphatic heterocycles. The van der Waals surface area contributed by atoms with Gasteiger partial charge in [-0.3, -0.25) is 4.99 Å². The third-order valence-corrected chi connectivity index (χ3v) is 5.74. The molecule has 1 aromatic carbocycles. The van der Waals surface area contributed by atoms with Gasteiger partial charge in [0.2, 0.25) is 0 Å². The molecule has 1 heterocycles. The van der Waals surface area contributed by atoms with Crippen LogP contribution in [-0.4, -0.2) is 38.8 Å². The fraction of sp³-hybridized carbons (Fsp3) is 0.632. The van der Waals surface area contributed by atoms with E-state index in [2.05, 4.69) is 27.8 Å². The molecule has 1 aliphatic carbocycles. The van der Waals surface area contributed by atoms with Crippen molar-refractivity contribution in [2.45, 2.75) is 50.0 Å². The van der Waals surface area contributed by atoms with E-state index in [4.69, 9.17) is 16.3 Å². The highest BCUT2D eigenvalue weighted by molar-refractivity contribution is 6.31. The minimum absolute atomic E-state index is 0.00386. The Labute approximate surface area is 150 Å². The fourth-order valence-corrected chi connectivity index (χ4v) is 4.24. The molecule has 0 amide bonds. The number of hydrogen-bond acceptors (Lipinski definition) is 2. The summed E-state index contributed by atoms with van der Waals surface area (Å²) in [5.74, 6) is 0.903. The standard InChI is InChI=1S/C19H28ClN3O/c1-21-18(23-15-6-2-3-7-15)22-14-19(10-12-24-13-11-19)16-8-4-5-9-17(16)20/h4-5,8-9,15H,2-3,6-7,10-14H2,1H3,(H2,21,22,23). The van der Waals surface area contributed by atoms with Crippen LogP contribution in [0.4, 0.5) is 0 Å². The second-order valence-electron chi connectivity index (χ2n) is 6.92. The SMILES string of the molecule is CN=C(NCC1(c2ccccc2Cl)CCOCC1)NC1CCCC1. The molecular formula is C19H28ClN3O. The Morgan fingerprint density at radius 3 is 2.62 bits per heavy atom. The van der Waals surface area contributed by atoms with Crippen LogP contribution in [0.5, 0.6) is 0 Å². The molecule has 0 aromatic heterocycles. The van der Waals surface area contributed by atoms with Crippen molar-refractivity contribution in [3.63, 3.8) is 0 Å². The zero-order valence-electron chi connectivity index (χ0n) is 14.5. The highest BCUT2D eigenvalue weighted by atomic mass is 35.5. The van der Waals surface area contributed by atoms with Crippen LogP contribution in [0.1, 0.15) is 44.1 Å². The van der Waals surface area contributed by atoms with Crippen molar-refractivity contribution >= 4 is 17.6 Å². The molecule has 4 nitrogen and oxygen atoms in total. The van der Waals surface area contributed by atoms with Gasteiger partial charge in [0.05, 0.1) is 0 Å². The van der Waals surface area contributed by atoms with Crippen LogP contribution < -0.4 is 10.6 Å². The number of guanidine groups is 1. The van der Waals surface area contributed by atoms with Gasteiger partial charge in [0.25, 0.3) is 0 Å². The molecule has 0 bridgehead atoms. The summed E-state index contributed by atoms with van der Waals surface area (Å²) in [5.41, 5.74) is 1.22. The molecule has 1 saturated heterocycles. The first-order valence-electron chi connectivity index (χ1n) is 9.03. The van der Waals surface area contributed by atoms with E-state index in [9.17, 15) is 0 Å². The molecule has 24 heavy (non-hydrogen) atoms. The maximum absolute atomic E-state index is 6.52. The fourth-order valence-electron chi connectivity index (χ4n) is 3.91. The van der Waals surface area contributed by atoms with E-state index in [1.807, 2.05) is 19.2 Å². The number of hydrogen-bond donors (Lipinski definition) is 2. The zero-order chi connectivity index (χ0) is 16.8. The first-order chi connectivity index (χ1) is 11.7. The minimum atomic E-state index is 0.00386. The lowest BCUT2D eigenvalue weighted by molar-refractivity contribution is 0.0514. The number of halogens is 1. The Morgan fingerprint density at radius 2 is 1.96 bits per heavy atom. The molecule has 1 saturated carbocycles. The first kappa shape index (κ1) is 17.6. The molecule has 0 spiro atoms. The molecule has 0 unspecified atom stereocenters. The third kappa shape index (κ3) is 4.04. The van der Waals surface area contributed by atoms with Gasteiger partial charge in [0.1, 0.15) is 0 Å². The largest absolute Gasteiger partial charge is 0.381 e. The molecule has 0 radical (unpaired) electrons. The van der Waals surface area contributed by atoms with Crippen molar-refractivity contribution in [2.24, 2.45) is 4.99 Å². The van der Waals surface area contributed by atoms with Crippen LogP contribution in [0.2, 0.25) is 5.02 Å². The molecule has 2 fully saturated rings. The smallest absolute Gasteiger partial charge is 0.191 e. The molecule has 2 N–H and O–H groups in total. The molecule has 1 aromatic rings. The van der Waals surface area contributed by atoms with E-state index in [0.717, 1.165) is 43.6 Å². The van der Waals surface area contributed by atoms with Crippen molar-refractivity contribution in [3.05, 3.63) is 34.9 Å². The molecule has 3 rings (SSSR count). The summed E-state index contributed by atoms with van der Waals surface area (Å²) >= 11 is 6.52. The molecular weight excluding hydrogens is 322 g/mol. The van der Waals surface area contributed by atoms with Crippen molar-refractivity contribution in [1.29, 1.82) is 0 Å². The number of nitrogens with zero attached hydrogens (tertiary/aromatic N) is 1. The summed E-state index contributed by atoms with van der Waals surface area (Å²) in [6.07, 6.45) is 7.06. The van der Waals surface area contributed by atoms with Crippen molar-refractivity contribution in [2.75, 3.05) is 26.8 Å². The van der Waals surface area contributed by atoms with Gasteiger partial charge in [-0.15, -0.1) is 0 Å². The maximum Gasteiger partial charge on any atom is 0.191 e. The lowest BCUT2D eigenvalue weighted by Crippen LogP contribution is -2.49. The van der Waals surface area contributed by atoms with E-state index in [-0.39, 0.29) is 5.41 Å². The van der Waals surface area contributed by atoms with Gasteiger partial charge in [0.15, 0.2) is 5.96 Å². The van der Waals surface area contributed by atoms with E-state index < -0.39 is 0 Å². The second kappa shape index (κ2) is 8.21. The van der Waals surface area contributed by atoms with Crippen LogP contribution in [0, 0.1) is 0 Å². The average Bonchev–Trinajstić information content (AvgIpc) is 3.13. The Hall–Kier alpha value is -1.26. The van der Waals surface area contributed by atoms with Gasteiger partial charge >= 0.3 is 0 Å². The van der Waals surface area contributed by atoms with Crippen LogP contribution in [-0.2, 0) is 10.2 Å². The van der Waals surface area contributed by atoms with Crippen molar-refractivity contribution < 1.29 is 4.74 Å². The Morgan fingerprint density at radius 1 is 1.25 bits per heavy atom. The van der Waals surface area contributed by atoms with Gasteiger partial charge in [-0.2, -0.15) is 0 Å². The first-order valence-corrected chi connectivity index (χ1v) is 9.41. The molecule has 2 aliphatic rings. The topological polar surface area (TPSA) is 45.7 Å². The number of ether oxygens (including phenoxy) is 1. The Kier molecular flexibility index (Phi) is 6.01. The maximum atomic E-state index is 6.52. The Bertz CT molecular complexity index is 563. The van der Waals surface area contributed by atoms with Crippen molar-refractivity contribution in [3.8, 4) is 0 Å². The summed E-state index contributed by atoms with van der Waals surface area (Å²) in [7, 11) is 1.84. The van der Waals surface area contributed by atoms with Gasteiger partial charge in [0, 0.05) is 43.3 Å². The summed E-state index contributed by atoms with van der Waals surface area (Å²) in [6.45, 7) is 2.38. The van der Waals surface area contributed by atoms with Crippen LogP contribution in [0.15, 0.2) is 29.3 Å². The normalized spacial score (nSPS) is 21.7. The quantitative estimate of drug-likeness (QED) is 0.646. The van der Waals surface area contributed by atoms with Crippen LogP contribution in [0.3, 0.4) is 0 Å². The van der Waals surface area contributed by atoms with Crippen molar-refractivity contribution in [1.82, 2.24) is 10.6 Å². The van der Waals surface area contributed by atoms with Crippen LogP contribution in [0.25, 0.3) is 0 Å². The predicted molar refractivity (Wildman–Crippen MR) is 99.9 cm³/mol. The van der Waals surface area contributed by atoms with Gasteiger partial charge in [-0.1, -0.05) is 42.6 Å². The third-order valence-electron chi connectivity index (χ3n) is 5.41. The number of benzene rings is 1. The number of nitrogens with one attached hydrogen (secondary N) is 2. The molecule has 0 atom stereocenters. The number of rotatable bonds is 4. The average molecular weight is 350 g/mol. The van der Waals surface area contributed by atoms with Gasteiger partial charge in [-0.05, 0) is 37.3 Å². The van der Waals surface area contributed by atoms with E-state index in [0.29, 0.717) is 6.04 Å². The molecule has 132 valence electrons. The zero-order valence-corrected chi connectivity index (χ0v) is 15.2. The monoisotopic (exact) mass is 349 g/mol. The summed E-state index contributed by atoms with van der Waals surface area (Å²) in [5, 5.41) is 7.97. The predicted octanol–water partition coefficient (Wildman–Crippen LogP) is 3.50. The second-order valence-corrected chi connectivity index (χ2v) is 7.33. The number of aliphatic imine (C=N–C) groups is 1.